The van der Waals surface area contributed by atoms with E-state index in [-0.39, 0.29) is 5.91 Å². The lowest BCUT2D eigenvalue weighted by Crippen LogP contribution is -2.57. The molecule has 0 aromatic carbocycles. The summed E-state index contributed by atoms with van der Waals surface area (Å²) >= 11 is 0. The van der Waals surface area contributed by atoms with Gasteiger partial charge in [0.1, 0.15) is 5.54 Å². The number of hydrogen-bond donors (Lipinski definition) is 2. The number of carboxylic acids is 1. The molecule has 0 aromatic heterocycles. The summed E-state index contributed by atoms with van der Waals surface area (Å²) in [7, 11) is 0. The fraction of sp³-hybridized carbons (Fsp3) is 0.692. The maximum atomic E-state index is 11.9. The van der Waals surface area contributed by atoms with Gasteiger partial charge in [0.2, 0.25) is 5.91 Å². The van der Waals surface area contributed by atoms with E-state index in [4.69, 9.17) is 0 Å². The molecule has 1 heterocycles. The van der Waals surface area contributed by atoms with Crippen LogP contribution in [0, 0.1) is 0 Å². The van der Waals surface area contributed by atoms with Crippen LogP contribution < -0.4 is 5.32 Å². The molecule has 102 valence electrons. The number of hydrogen-bond acceptors (Lipinski definition) is 3. The topological polar surface area (TPSA) is 69.6 Å². The average Bonchev–Trinajstić information content (AvgIpc) is 2.79. The number of amides is 1. The lowest BCUT2D eigenvalue weighted by Gasteiger charge is -2.37. The first-order chi connectivity index (χ1) is 8.49. The fourth-order valence-electron chi connectivity index (χ4n) is 2.69. The number of nitrogens with zero attached hydrogens (tertiary/aromatic N) is 1. The number of aliphatic carboxylic acids is 1. The van der Waals surface area contributed by atoms with E-state index in [1.165, 1.54) is 0 Å². The Morgan fingerprint density at radius 3 is 2.78 bits per heavy atom. The SMILES string of the molecule is C=CCNC(=O)C(C)N1CCCC1(CC)C(=O)O. The van der Waals surface area contributed by atoms with Crippen molar-refractivity contribution >= 4 is 11.9 Å². The van der Waals surface area contributed by atoms with E-state index < -0.39 is 17.6 Å². The van der Waals surface area contributed by atoms with Gasteiger partial charge in [-0.2, -0.15) is 0 Å². The number of nitrogens with one attached hydrogen (secondary N) is 1. The molecule has 1 rings (SSSR count). The molecule has 0 aliphatic carbocycles. The highest BCUT2D eigenvalue weighted by molar-refractivity contribution is 5.84. The molecule has 1 fully saturated rings. The largest absolute Gasteiger partial charge is 0.480 e. The molecule has 0 bridgehead atoms. The van der Waals surface area contributed by atoms with Crippen LogP contribution in [0.1, 0.15) is 33.1 Å². The first-order valence-corrected chi connectivity index (χ1v) is 6.38. The van der Waals surface area contributed by atoms with Crippen molar-refractivity contribution in [1.29, 1.82) is 0 Å². The number of likely N-dealkylation sites (tertiary alicyclic amines) is 1. The molecule has 2 unspecified atom stereocenters. The summed E-state index contributed by atoms with van der Waals surface area (Å²) in [5.74, 6) is -0.971. The predicted octanol–water partition coefficient (Wildman–Crippen LogP) is 1.01. The maximum Gasteiger partial charge on any atom is 0.324 e. The summed E-state index contributed by atoms with van der Waals surface area (Å²) in [5, 5.41) is 12.2. The minimum absolute atomic E-state index is 0.143. The highest BCUT2D eigenvalue weighted by atomic mass is 16.4. The quantitative estimate of drug-likeness (QED) is 0.694. The number of carboxylic acid groups (broad SMARTS) is 1. The number of carbonyl (C=O) groups excluding carboxylic acids is 1. The normalized spacial score (nSPS) is 25.7. The Hall–Kier alpha value is -1.36. The van der Waals surface area contributed by atoms with Gasteiger partial charge in [0.25, 0.3) is 0 Å². The van der Waals surface area contributed by atoms with Gasteiger partial charge in [-0.05, 0) is 26.2 Å². The van der Waals surface area contributed by atoms with E-state index in [1.54, 1.807) is 13.0 Å². The molecule has 1 aliphatic rings. The molecule has 2 N–H and O–H groups in total. The Morgan fingerprint density at radius 1 is 1.61 bits per heavy atom. The van der Waals surface area contributed by atoms with E-state index in [0.29, 0.717) is 25.9 Å². The zero-order valence-corrected chi connectivity index (χ0v) is 11.1. The standard InChI is InChI=1S/C13H22N2O3/c1-4-8-14-11(16)10(3)15-9-6-7-13(15,5-2)12(17)18/h4,10H,1,5-9H2,2-3H3,(H,14,16)(H,17,18). The van der Waals surface area contributed by atoms with Crippen LogP contribution in [0.5, 0.6) is 0 Å². The summed E-state index contributed by atoms with van der Waals surface area (Å²) in [4.78, 5) is 25.3. The monoisotopic (exact) mass is 254 g/mol. The van der Waals surface area contributed by atoms with E-state index >= 15 is 0 Å². The van der Waals surface area contributed by atoms with Crippen molar-refractivity contribution in [3.8, 4) is 0 Å². The van der Waals surface area contributed by atoms with Gasteiger partial charge in [-0.15, -0.1) is 6.58 Å². The molecule has 0 aromatic rings. The number of rotatable bonds is 6. The lowest BCUT2D eigenvalue weighted by atomic mass is 9.92. The molecular weight excluding hydrogens is 232 g/mol. The molecule has 1 aliphatic heterocycles. The third-order valence-corrected chi connectivity index (χ3v) is 3.79. The molecule has 0 saturated carbocycles. The molecule has 18 heavy (non-hydrogen) atoms. The molecule has 2 atom stereocenters. The average molecular weight is 254 g/mol. The zero-order valence-electron chi connectivity index (χ0n) is 11.1. The highest BCUT2D eigenvalue weighted by Crippen LogP contribution is 2.34. The first kappa shape index (κ1) is 14.7. The third-order valence-electron chi connectivity index (χ3n) is 3.79. The predicted molar refractivity (Wildman–Crippen MR) is 69.3 cm³/mol. The van der Waals surface area contributed by atoms with E-state index in [0.717, 1.165) is 6.42 Å². The van der Waals surface area contributed by atoms with Crippen LogP contribution in [0.25, 0.3) is 0 Å². The van der Waals surface area contributed by atoms with Crippen LogP contribution in [0.4, 0.5) is 0 Å². The Labute approximate surface area is 108 Å². The zero-order chi connectivity index (χ0) is 13.8. The summed E-state index contributed by atoms with van der Waals surface area (Å²) < 4.78 is 0. The molecule has 1 saturated heterocycles. The third kappa shape index (κ3) is 2.56. The first-order valence-electron chi connectivity index (χ1n) is 6.38. The van der Waals surface area contributed by atoms with Crippen molar-refractivity contribution in [2.24, 2.45) is 0 Å². The molecular formula is C13H22N2O3. The van der Waals surface area contributed by atoms with Crippen molar-refractivity contribution in [3.63, 3.8) is 0 Å². The van der Waals surface area contributed by atoms with Gasteiger partial charge in [0, 0.05) is 13.1 Å². The van der Waals surface area contributed by atoms with Crippen LogP contribution in [0.3, 0.4) is 0 Å². The van der Waals surface area contributed by atoms with Gasteiger partial charge in [-0.3, -0.25) is 14.5 Å². The smallest absolute Gasteiger partial charge is 0.324 e. The molecule has 5 heteroatoms. The van der Waals surface area contributed by atoms with Gasteiger partial charge < -0.3 is 10.4 Å². The molecule has 0 radical (unpaired) electrons. The second-order valence-corrected chi connectivity index (χ2v) is 4.70. The van der Waals surface area contributed by atoms with Crippen LogP contribution in [0.15, 0.2) is 12.7 Å². The van der Waals surface area contributed by atoms with Crippen molar-refractivity contribution in [1.82, 2.24) is 10.2 Å². The minimum Gasteiger partial charge on any atom is -0.480 e. The summed E-state index contributed by atoms with van der Waals surface area (Å²) in [6.45, 7) is 8.22. The van der Waals surface area contributed by atoms with Crippen molar-refractivity contribution in [3.05, 3.63) is 12.7 Å². The van der Waals surface area contributed by atoms with E-state index in [1.807, 2.05) is 11.8 Å². The van der Waals surface area contributed by atoms with Gasteiger partial charge in [0.05, 0.1) is 6.04 Å². The Balaban J connectivity index is 2.83. The van der Waals surface area contributed by atoms with Crippen LogP contribution in [0.2, 0.25) is 0 Å². The van der Waals surface area contributed by atoms with Gasteiger partial charge >= 0.3 is 5.97 Å². The Kier molecular flexibility index (Phi) is 4.90. The molecule has 1 amide bonds. The summed E-state index contributed by atoms with van der Waals surface area (Å²) in [5.41, 5.74) is -0.884. The van der Waals surface area contributed by atoms with E-state index in [9.17, 15) is 14.7 Å². The Morgan fingerprint density at radius 2 is 2.28 bits per heavy atom. The molecule has 0 spiro atoms. The van der Waals surface area contributed by atoms with Crippen LogP contribution in [-0.4, -0.2) is 46.6 Å². The number of carbonyl (C=O) groups is 2. The second-order valence-electron chi connectivity index (χ2n) is 4.70. The maximum absolute atomic E-state index is 11.9. The van der Waals surface area contributed by atoms with Crippen molar-refractivity contribution in [2.75, 3.05) is 13.1 Å². The second kappa shape index (κ2) is 6.00. The fourth-order valence-corrected chi connectivity index (χ4v) is 2.69. The van der Waals surface area contributed by atoms with Crippen LogP contribution in [-0.2, 0) is 9.59 Å². The van der Waals surface area contributed by atoms with Crippen molar-refractivity contribution in [2.45, 2.75) is 44.7 Å². The van der Waals surface area contributed by atoms with Crippen molar-refractivity contribution < 1.29 is 14.7 Å². The van der Waals surface area contributed by atoms with Gasteiger partial charge in [-0.1, -0.05) is 13.0 Å². The van der Waals surface area contributed by atoms with Crippen LogP contribution >= 0.6 is 0 Å². The molecule has 5 nitrogen and oxygen atoms in total. The lowest BCUT2D eigenvalue weighted by molar-refractivity contribution is -0.152. The highest BCUT2D eigenvalue weighted by Gasteiger charge is 2.49. The van der Waals surface area contributed by atoms with E-state index in [2.05, 4.69) is 11.9 Å². The minimum atomic E-state index is -0.884. The van der Waals surface area contributed by atoms with Gasteiger partial charge in [-0.25, -0.2) is 0 Å². The Bertz CT molecular complexity index is 343. The summed E-state index contributed by atoms with van der Waals surface area (Å²) in [6, 6.07) is -0.427. The summed E-state index contributed by atoms with van der Waals surface area (Å²) in [6.07, 6.45) is 3.55. The van der Waals surface area contributed by atoms with Gasteiger partial charge in [0.15, 0.2) is 0 Å².